The summed E-state index contributed by atoms with van der Waals surface area (Å²) < 4.78 is 0. The van der Waals surface area contributed by atoms with Gasteiger partial charge in [-0.25, -0.2) is 0 Å². The molecule has 0 saturated heterocycles. The van der Waals surface area contributed by atoms with Gasteiger partial charge in [-0.3, -0.25) is 9.59 Å². The summed E-state index contributed by atoms with van der Waals surface area (Å²) in [4.78, 5) is 32.1. The normalized spacial score (nSPS) is 11.7. The number of hydrogen-bond acceptors (Lipinski definition) is 5. The average Bonchev–Trinajstić information content (AvgIpc) is 2.89. The number of nitrogens with two attached hydrogens (primary N) is 2. The summed E-state index contributed by atoms with van der Waals surface area (Å²) in [5.74, 6) is 0. The molecule has 5 nitrogen and oxygen atoms in total. The van der Waals surface area contributed by atoms with Crippen LogP contribution in [0.4, 0.5) is 0 Å². The third-order valence-electron chi connectivity index (χ3n) is 6.70. The zero-order valence-corrected chi connectivity index (χ0v) is 25.1. The molecule has 0 aliphatic rings. The Morgan fingerprint density at radius 3 is 1.11 bits per heavy atom. The molecule has 216 valence electrons. The summed E-state index contributed by atoms with van der Waals surface area (Å²) in [6.07, 6.45) is 30.5. The number of hydrogen-bond donors (Lipinski definition) is 3. The maximum atomic E-state index is 11.5. The van der Waals surface area contributed by atoms with Gasteiger partial charge in [-0.15, -0.1) is 0 Å². The van der Waals surface area contributed by atoms with Crippen molar-refractivity contribution in [1.82, 2.24) is 0 Å². The number of rotatable bonds is 27. The third-order valence-corrected chi connectivity index (χ3v) is 8.05. The van der Waals surface area contributed by atoms with E-state index >= 15 is 0 Å². The standard InChI is InChI=1S/C18H36NO3P.C12H27N/c1-2-3-4-5-6-7-8-9-10-11-12-13-14-15-17(20)23(22)18(21)16-19;1-2-3-4-5-6-7-8-9-10-11-12-13/h22H,2-16,19H2,1H3;2-13H2,1H3. The van der Waals surface area contributed by atoms with Gasteiger partial charge >= 0.3 is 0 Å². The predicted molar refractivity (Wildman–Crippen MR) is 159 cm³/mol. The molecule has 0 heterocycles. The van der Waals surface area contributed by atoms with E-state index in [0.717, 1.165) is 25.8 Å². The lowest BCUT2D eigenvalue weighted by Crippen LogP contribution is -2.14. The van der Waals surface area contributed by atoms with Crippen molar-refractivity contribution in [2.45, 2.75) is 168 Å². The van der Waals surface area contributed by atoms with Crippen molar-refractivity contribution >= 4 is 19.2 Å². The maximum Gasteiger partial charge on any atom is 0.202 e. The first-order valence-electron chi connectivity index (χ1n) is 15.5. The molecule has 0 aliphatic heterocycles. The van der Waals surface area contributed by atoms with E-state index in [-0.39, 0.29) is 12.1 Å². The van der Waals surface area contributed by atoms with E-state index in [1.54, 1.807) is 0 Å². The summed E-state index contributed by atoms with van der Waals surface area (Å²) in [5.41, 5.74) is 9.73. The molecule has 1 unspecified atom stereocenters. The van der Waals surface area contributed by atoms with Crippen LogP contribution >= 0.6 is 8.15 Å². The van der Waals surface area contributed by atoms with Crippen molar-refractivity contribution in [3.05, 3.63) is 0 Å². The number of carbonyl (C=O) groups excluding carboxylic acids is 2. The zero-order chi connectivity index (χ0) is 27.1. The fraction of sp³-hybridized carbons (Fsp3) is 0.933. The van der Waals surface area contributed by atoms with E-state index in [4.69, 9.17) is 11.5 Å². The van der Waals surface area contributed by atoms with Gasteiger partial charge in [0.1, 0.15) is 0 Å². The van der Waals surface area contributed by atoms with Crippen molar-refractivity contribution in [1.29, 1.82) is 0 Å². The van der Waals surface area contributed by atoms with Crippen LogP contribution in [0.5, 0.6) is 0 Å². The highest BCUT2D eigenvalue weighted by atomic mass is 31.1. The largest absolute Gasteiger partial charge is 0.360 e. The molecule has 0 saturated carbocycles. The van der Waals surface area contributed by atoms with Crippen LogP contribution in [0.3, 0.4) is 0 Å². The molecule has 0 aromatic heterocycles. The molecule has 1 atom stereocenters. The Morgan fingerprint density at radius 1 is 0.500 bits per heavy atom. The summed E-state index contributed by atoms with van der Waals surface area (Å²) in [6, 6.07) is 0. The zero-order valence-electron chi connectivity index (χ0n) is 24.3. The fourth-order valence-corrected chi connectivity index (χ4v) is 5.08. The lowest BCUT2D eigenvalue weighted by atomic mass is 10.0. The van der Waals surface area contributed by atoms with Crippen LogP contribution in [0, 0.1) is 0 Å². The second-order valence-electron chi connectivity index (χ2n) is 10.3. The van der Waals surface area contributed by atoms with E-state index in [9.17, 15) is 14.5 Å². The van der Waals surface area contributed by atoms with Gasteiger partial charge in [0.25, 0.3) is 0 Å². The Morgan fingerprint density at radius 2 is 0.806 bits per heavy atom. The highest BCUT2D eigenvalue weighted by Gasteiger charge is 2.21. The Hall–Kier alpha value is -0.350. The molecule has 0 aromatic rings. The first-order chi connectivity index (χ1) is 17.5. The molecule has 0 bridgehead atoms. The Kier molecular flexibility index (Phi) is 34.3. The van der Waals surface area contributed by atoms with Crippen LogP contribution in [0.25, 0.3) is 0 Å². The van der Waals surface area contributed by atoms with Crippen LogP contribution in [-0.4, -0.2) is 29.0 Å². The Balaban J connectivity index is 0. The molecule has 5 N–H and O–H groups in total. The summed E-state index contributed by atoms with van der Waals surface area (Å²) >= 11 is 0. The minimum absolute atomic E-state index is 0.244. The van der Waals surface area contributed by atoms with Crippen LogP contribution in [0.2, 0.25) is 0 Å². The maximum absolute atomic E-state index is 11.5. The van der Waals surface area contributed by atoms with E-state index < -0.39 is 13.7 Å². The van der Waals surface area contributed by atoms with Gasteiger partial charge in [-0.05, 0) is 19.4 Å². The summed E-state index contributed by atoms with van der Waals surface area (Å²) in [5, 5.41) is 0. The van der Waals surface area contributed by atoms with Crippen LogP contribution < -0.4 is 11.5 Å². The van der Waals surface area contributed by atoms with Gasteiger partial charge in [-0.1, -0.05) is 149 Å². The molecule has 6 heteroatoms. The van der Waals surface area contributed by atoms with Gasteiger partial charge in [0, 0.05) is 6.42 Å². The van der Waals surface area contributed by atoms with E-state index in [2.05, 4.69) is 13.8 Å². The average molecular weight is 531 g/mol. The first kappa shape index (κ1) is 37.8. The van der Waals surface area contributed by atoms with Gasteiger partial charge < -0.3 is 16.4 Å². The lowest BCUT2D eigenvalue weighted by Gasteiger charge is -2.06. The van der Waals surface area contributed by atoms with Crippen molar-refractivity contribution < 1.29 is 14.5 Å². The predicted octanol–water partition coefficient (Wildman–Crippen LogP) is 8.73. The van der Waals surface area contributed by atoms with Gasteiger partial charge in [0.2, 0.25) is 5.52 Å². The third kappa shape index (κ3) is 29.9. The number of carbonyl (C=O) groups is 2. The summed E-state index contributed by atoms with van der Waals surface area (Å²) in [7, 11) is -2.15. The smallest absolute Gasteiger partial charge is 0.202 e. The fourth-order valence-electron chi connectivity index (χ4n) is 4.26. The second kappa shape index (κ2) is 32.7. The van der Waals surface area contributed by atoms with E-state index in [0.29, 0.717) is 6.42 Å². The van der Waals surface area contributed by atoms with Crippen molar-refractivity contribution in [3.8, 4) is 0 Å². The van der Waals surface area contributed by atoms with E-state index in [1.165, 1.54) is 128 Å². The molecule has 36 heavy (non-hydrogen) atoms. The van der Waals surface area contributed by atoms with Crippen molar-refractivity contribution in [2.24, 2.45) is 11.5 Å². The summed E-state index contributed by atoms with van der Waals surface area (Å²) in [6.45, 7) is 5.15. The van der Waals surface area contributed by atoms with Crippen LogP contribution in [0.15, 0.2) is 0 Å². The molecule has 0 amide bonds. The SMILES string of the molecule is CCCCCCCCCCCCCCCC(=O)P(O)C(=O)CN.CCCCCCCCCCCCN. The Bertz CT molecular complexity index is 453. The van der Waals surface area contributed by atoms with Gasteiger partial charge in [0.05, 0.1) is 6.54 Å². The molecular formula is C30H63N2O3P. The second-order valence-corrected chi connectivity index (χ2v) is 11.9. The van der Waals surface area contributed by atoms with Gasteiger partial charge in [-0.2, -0.15) is 0 Å². The highest BCUT2D eigenvalue weighted by molar-refractivity contribution is 7.84. The van der Waals surface area contributed by atoms with Crippen molar-refractivity contribution in [2.75, 3.05) is 13.1 Å². The van der Waals surface area contributed by atoms with Crippen LogP contribution in [0.1, 0.15) is 168 Å². The van der Waals surface area contributed by atoms with Crippen LogP contribution in [-0.2, 0) is 9.59 Å². The molecule has 0 spiro atoms. The number of unbranched alkanes of at least 4 members (excludes halogenated alkanes) is 21. The topological polar surface area (TPSA) is 106 Å². The van der Waals surface area contributed by atoms with Crippen molar-refractivity contribution in [3.63, 3.8) is 0 Å². The minimum Gasteiger partial charge on any atom is -0.360 e. The molecule has 0 radical (unpaired) electrons. The molecular weight excluding hydrogens is 467 g/mol. The van der Waals surface area contributed by atoms with E-state index in [1.807, 2.05) is 0 Å². The Labute approximate surface area is 226 Å². The molecule has 0 rings (SSSR count). The molecule has 0 aromatic carbocycles. The molecule has 0 fully saturated rings. The van der Waals surface area contributed by atoms with Gasteiger partial charge in [0.15, 0.2) is 13.7 Å². The first-order valence-corrected chi connectivity index (χ1v) is 16.8. The monoisotopic (exact) mass is 530 g/mol. The minimum atomic E-state index is -2.15. The highest BCUT2D eigenvalue weighted by Crippen LogP contribution is 2.33. The molecule has 0 aliphatic carbocycles. The lowest BCUT2D eigenvalue weighted by molar-refractivity contribution is -0.114. The quantitative estimate of drug-likeness (QED) is 0.0727.